The monoisotopic (exact) mass is 288 g/mol. The van der Waals surface area contributed by atoms with Crippen molar-refractivity contribution in [2.75, 3.05) is 26.0 Å². The molecule has 16 heavy (non-hydrogen) atoms. The third-order valence-corrected chi connectivity index (χ3v) is 2.76. The fourth-order valence-electron chi connectivity index (χ4n) is 1.18. The minimum Gasteiger partial charge on any atom is -0.381 e. The van der Waals surface area contributed by atoms with Gasteiger partial charge in [-0.1, -0.05) is 6.07 Å². The summed E-state index contributed by atoms with van der Waals surface area (Å²) in [6.07, 6.45) is 0.341. The molecule has 0 aliphatic rings. The number of anilines is 1. The Morgan fingerprint density at radius 2 is 2.19 bits per heavy atom. The van der Waals surface area contributed by atoms with E-state index >= 15 is 0 Å². The molecule has 5 heteroatoms. The van der Waals surface area contributed by atoms with Gasteiger partial charge in [0.2, 0.25) is 5.91 Å². The van der Waals surface area contributed by atoms with E-state index < -0.39 is 0 Å². The van der Waals surface area contributed by atoms with Gasteiger partial charge in [0.15, 0.2) is 0 Å². The van der Waals surface area contributed by atoms with Crippen molar-refractivity contribution in [2.45, 2.75) is 6.42 Å². The van der Waals surface area contributed by atoms with Gasteiger partial charge in [0.05, 0.1) is 5.69 Å². The van der Waals surface area contributed by atoms with Crippen LogP contribution >= 0.6 is 15.9 Å². The van der Waals surface area contributed by atoms with Crippen LogP contribution < -0.4 is 5.32 Å². The van der Waals surface area contributed by atoms with Crippen LogP contribution in [0.5, 0.6) is 0 Å². The average molecular weight is 289 g/mol. The number of carbonyl (C=O) groups excluding carboxylic acids is 1. The highest BCUT2D eigenvalue weighted by molar-refractivity contribution is 9.10. The van der Waals surface area contributed by atoms with Crippen LogP contribution in [0, 0.1) is 5.82 Å². The molecular formula is C11H14BrFN2O. The summed E-state index contributed by atoms with van der Waals surface area (Å²) in [4.78, 5) is 12.8. The zero-order valence-electron chi connectivity index (χ0n) is 9.26. The van der Waals surface area contributed by atoms with Gasteiger partial charge < -0.3 is 10.2 Å². The first-order valence-electron chi connectivity index (χ1n) is 4.90. The first-order valence-corrected chi connectivity index (χ1v) is 5.69. The van der Waals surface area contributed by atoms with Crippen molar-refractivity contribution in [3.63, 3.8) is 0 Å². The highest BCUT2D eigenvalue weighted by Gasteiger charge is 2.07. The summed E-state index contributed by atoms with van der Waals surface area (Å²) >= 11 is 3.25. The van der Waals surface area contributed by atoms with Gasteiger partial charge in [0.1, 0.15) is 5.82 Å². The van der Waals surface area contributed by atoms with Gasteiger partial charge >= 0.3 is 0 Å². The van der Waals surface area contributed by atoms with Gasteiger partial charge in [-0.05, 0) is 28.1 Å². The van der Waals surface area contributed by atoms with E-state index in [4.69, 9.17) is 0 Å². The fraction of sp³-hybridized carbons (Fsp3) is 0.364. The molecule has 1 amide bonds. The predicted molar refractivity (Wildman–Crippen MR) is 65.9 cm³/mol. The molecule has 0 aliphatic carbocycles. The normalized spacial score (nSPS) is 10.0. The lowest BCUT2D eigenvalue weighted by Crippen LogP contribution is -2.24. The number of para-hydroxylation sites is 1. The standard InChI is InChI=1S/C11H14BrFN2O/c1-15(2)10(16)6-7-14-11-8(12)4-3-5-9(11)13/h3-5,14H,6-7H2,1-2H3. The largest absolute Gasteiger partial charge is 0.381 e. The molecule has 1 aromatic rings. The van der Waals surface area contributed by atoms with E-state index in [1.165, 1.54) is 11.0 Å². The SMILES string of the molecule is CN(C)C(=O)CCNc1c(F)cccc1Br. The summed E-state index contributed by atoms with van der Waals surface area (Å²) in [6, 6.07) is 4.75. The van der Waals surface area contributed by atoms with Crippen molar-refractivity contribution in [1.29, 1.82) is 0 Å². The summed E-state index contributed by atoms with van der Waals surface area (Å²) in [7, 11) is 3.39. The molecule has 1 aromatic carbocycles. The third kappa shape index (κ3) is 3.48. The van der Waals surface area contributed by atoms with Crippen LogP contribution in [0.15, 0.2) is 22.7 Å². The second-order valence-electron chi connectivity index (χ2n) is 3.56. The average Bonchev–Trinajstić information content (AvgIpc) is 2.22. The number of hydrogen-bond donors (Lipinski definition) is 1. The molecule has 0 spiro atoms. The molecule has 0 bridgehead atoms. The molecule has 1 rings (SSSR count). The number of benzene rings is 1. The van der Waals surface area contributed by atoms with Crippen LogP contribution in [-0.2, 0) is 4.79 Å². The number of rotatable bonds is 4. The summed E-state index contributed by atoms with van der Waals surface area (Å²) in [5.74, 6) is -0.313. The summed E-state index contributed by atoms with van der Waals surface area (Å²) < 4.78 is 14.0. The number of nitrogens with one attached hydrogen (secondary N) is 1. The molecule has 0 saturated heterocycles. The number of halogens is 2. The molecule has 0 radical (unpaired) electrons. The van der Waals surface area contributed by atoms with Crippen LogP contribution in [0.4, 0.5) is 10.1 Å². The molecule has 1 N–H and O–H groups in total. The van der Waals surface area contributed by atoms with E-state index in [0.29, 0.717) is 23.1 Å². The minimum atomic E-state index is -0.327. The number of hydrogen-bond acceptors (Lipinski definition) is 2. The van der Waals surface area contributed by atoms with E-state index in [2.05, 4.69) is 21.2 Å². The molecule has 0 heterocycles. The van der Waals surface area contributed by atoms with Crippen molar-refractivity contribution in [2.24, 2.45) is 0 Å². The summed E-state index contributed by atoms with van der Waals surface area (Å²) in [6.45, 7) is 0.413. The van der Waals surface area contributed by atoms with Gasteiger partial charge in [-0.15, -0.1) is 0 Å². The second-order valence-corrected chi connectivity index (χ2v) is 4.42. The van der Waals surface area contributed by atoms with Gasteiger partial charge in [0.25, 0.3) is 0 Å². The highest BCUT2D eigenvalue weighted by Crippen LogP contribution is 2.24. The third-order valence-electron chi connectivity index (χ3n) is 2.10. The molecular weight excluding hydrogens is 275 g/mol. The van der Waals surface area contributed by atoms with E-state index in [1.807, 2.05) is 0 Å². The number of carbonyl (C=O) groups is 1. The maximum atomic E-state index is 13.3. The Morgan fingerprint density at radius 3 is 2.75 bits per heavy atom. The fourth-order valence-corrected chi connectivity index (χ4v) is 1.67. The van der Waals surface area contributed by atoms with Gasteiger partial charge in [-0.3, -0.25) is 4.79 Å². The molecule has 0 unspecified atom stereocenters. The zero-order valence-corrected chi connectivity index (χ0v) is 10.8. The predicted octanol–water partition coefficient (Wildman–Crippen LogP) is 2.48. The maximum Gasteiger partial charge on any atom is 0.223 e. The Hall–Kier alpha value is -1.10. The van der Waals surface area contributed by atoms with E-state index in [0.717, 1.165) is 0 Å². The lowest BCUT2D eigenvalue weighted by atomic mass is 10.3. The molecule has 3 nitrogen and oxygen atoms in total. The van der Waals surface area contributed by atoms with Crippen LogP contribution in [0.2, 0.25) is 0 Å². The minimum absolute atomic E-state index is 0.0139. The van der Waals surface area contributed by atoms with Crippen LogP contribution in [0.3, 0.4) is 0 Å². The van der Waals surface area contributed by atoms with Crippen molar-refractivity contribution in [1.82, 2.24) is 4.90 Å². The second kappa shape index (κ2) is 5.84. The van der Waals surface area contributed by atoms with Crippen molar-refractivity contribution in [3.05, 3.63) is 28.5 Å². The van der Waals surface area contributed by atoms with Crippen molar-refractivity contribution < 1.29 is 9.18 Å². The topological polar surface area (TPSA) is 32.3 Å². The lowest BCUT2D eigenvalue weighted by Gasteiger charge is -2.12. The Balaban J connectivity index is 2.52. The van der Waals surface area contributed by atoms with Crippen molar-refractivity contribution in [3.8, 4) is 0 Å². The highest BCUT2D eigenvalue weighted by atomic mass is 79.9. The summed E-state index contributed by atoms with van der Waals surface area (Å²) in [5.41, 5.74) is 0.397. The van der Waals surface area contributed by atoms with E-state index in [-0.39, 0.29) is 11.7 Å². The Labute approximate surface area is 103 Å². The Bertz CT molecular complexity index is 362. The molecule has 0 fully saturated rings. The zero-order chi connectivity index (χ0) is 12.1. The van der Waals surface area contributed by atoms with Crippen LogP contribution in [0.25, 0.3) is 0 Å². The maximum absolute atomic E-state index is 13.3. The van der Waals surface area contributed by atoms with E-state index in [1.54, 1.807) is 26.2 Å². The Morgan fingerprint density at radius 1 is 1.50 bits per heavy atom. The Kier molecular flexibility index (Phi) is 4.73. The first-order chi connectivity index (χ1) is 7.52. The van der Waals surface area contributed by atoms with Gasteiger partial charge in [-0.2, -0.15) is 0 Å². The lowest BCUT2D eigenvalue weighted by molar-refractivity contribution is -0.128. The van der Waals surface area contributed by atoms with Crippen molar-refractivity contribution >= 4 is 27.5 Å². The molecule has 0 saturated carbocycles. The molecule has 0 aromatic heterocycles. The first kappa shape index (κ1) is 13.0. The quantitative estimate of drug-likeness (QED) is 0.923. The number of nitrogens with zero attached hydrogens (tertiary/aromatic N) is 1. The number of amides is 1. The van der Waals surface area contributed by atoms with Gasteiger partial charge in [0, 0.05) is 31.5 Å². The van der Waals surface area contributed by atoms with Crippen LogP contribution in [-0.4, -0.2) is 31.4 Å². The molecule has 88 valence electrons. The summed E-state index contributed by atoms with van der Waals surface area (Å²) in [5, 5.41) is 2.90. The van der Waals surface area contributed by atoms with Gasteiger partial charge in [-0.25, -0.2) is 4.39 Å². The smallest absolute Gasteiger partial charge is 0.223 e. The molecule has 0 atom stereocenters. The van der Waals surface area contributed by atoms with Crippen LogP contribution in [0.1, 0.15) is 6.42 Å². The van der Waals surface area contributed by atoms with E-state index in [9.17, 15) is 9.18 Å². The molecule has 0 aliphatic heterocycles.